The third-order valence-electron chi connectivity index (χ3n) is 3.41. The molecule has 0 N–H and O–H groups in total. The van der Waals surface area contributed by atoms with Crippen LogP contribution in [0.4, 0.5) is 0 Å². The summed E-state index contributed by atoms with van der Waals surface area (Å²) in [6.45, 7) is 0.507. The van der Waals surface area contributed by atoms with Gasteiger partial charge in [-0.3, -0.25) is 29.0 Å². The van der Waals surface area contributed by atoms with Crippen molar-refractivity contribution < 1.29 is 28.7 Å². The van der Waals surface area contributed by atoms with E-state index in [1.54, 1.807) is 0 Å². The van der Waals surface area contributed by atoms with Gasteiger partial charge in [-0.2, -0.15) is 0 Å². The van der Waals surface area contributed by atoms with Gasteiger partial charge in [0, 0.05) is 0 Å². The summed E-state index contributed by atoms with van der Waals surface area (Å²) >= 11 is 22.4. The quantitative estimate of drug-likeness (QED) is 0.390. The Morgan fingerprint density at radius 3 is 1.08 bits per heavy atom. The fourth-order valence-corrected chi connectivity index (χ4v) is 2.81. The van der Waals surface area contributed by atoms with E-state index in [4.69, 9.17) is 55.9 Å². The molecule has 0 radical (unpaired) electrons. The lowest BCUT2D eigenvalue weighted by Gasteiger charge is -2.15. The highest BCUT2D eigenvalue weighted by Crippen LogP contribution is 2.27. The van der Waals surface area contributed by atoms with Crippen LogP contribution in [0.25, 0.3) is 0 Å². The van der Waals surface area contributed by atoms with E-state index >= 15 is 0 Å². The van der Waals surface area contributed by atoms with Crippen LogP contribution in [0.1, 0.15) is 0 Å². The predicted octanol–water partition coefficient (Wildman–Crippen LogP) is 1.14. The summed E-state index contributed by atoms with van der Waals surface area (Å²) in [5.74, 6) is -2.64. The van der Waals surface area contributed by atoms with Gasteiger partial charge in [0.2, 0.25) is 0 Å². The average Bonchev–Trinajstić information content (AvgIpc) is 2.92. The zero-order chi connectivity index (χ0) is 19.4. The van der Waals surface area contributed by atoms with Crippen molar-refractivity contribution in [2.45, 2.75) is 0 Å². The number of halogens is 4. The Morgan fingerprint density at radius 2 is 0.808 bits per heavy atom. The van der Waals surface area contributed by atoms with E-state index in [9.17, 15) is 19.2 Å². The third-order valence-corrected chi connectivity index (χ3v) is 5.00. The van der Waals surface area contributed by atoms with Gasteiger partial charge >= 0.3 is 0 Å². The van der Waals surface area contributed by atoms with Crippen LogP contribution in [0.5, 0.6) is 0 Å². The Hall–Kier alpha value is -1.16. The molecule has 0 atom stereocenters. The molecule has 0 unspecified atom stereocenters. The first-order chi connectivity index (χ1) is 12.3. The van der Waals surface area contributed by atoms with E-state index in [2.05, 4.69) is 0 Å². The standard InChI is InChI=1S/C14H12Cl4N2O6/c15-7-8(16)12(22)19(11(7)21)1-3-25-5-6-26-4-2-20-13(23)9(17)10(18)14(20)24/h1-6H2. The molecule has 0 spiro atoms. The van der Waals surface area contributed by atoms with E-state index in [1.807, 2.05) is 0 Å². The van der Waals surface area contributed by atoms with Crippen LogP contribution in [0.15, 0.2) is 20.1 Å². The molecule has 2 heterocycles. The van der Waals surface area contributed by atoms with Crippen LogP contribution < -0.4 is 0 Å². The monoisotopic (exact) mass is 444 g/mol. The summed E-state index contributed by atoms with van der Waals surface area (Å²) in [5, 5.41) is -1.22. The number of hydrogen-bond acceptors (Lipinski definition) is 6. The van der Waals surface area contributed by atoms with Gasteiger partial charge in [-0.25, -0.2) is 0 Å². The number of carbonyl (C=O) groups is 4. The number of nitrogens with zero attached hydrogens (tertiary/aromatic N) is 2. The molecular formula is C14H12Cl4N2O6. The van der Waals surface area contributed by atoms with Crippen molar-refractivity contribution in [1.82, 2.24) is 9.80 Å². The number of rotatable bonds is 9. The molecule has 12 heteroatoms. The van der Waals surface area contributed by atoms with E-state index in [0.717, 1.165) is 9.80 Å². The fourth-order valence-electron chi connectivity index (χ4n) is 2.07. The van der Waals surface area contributed by atoms with Crippen LogP contribution in [0.3, 0.4) is 0 Å². The van der Waals surface area contributed by atoms with E-state index in [-0.39, 0.29) is 59.6 Å². The van der Waals surface area contributed by atoms with Gasteiger partial charge in [-0.15, -0.1) is 0 Å². The first kappa shape index (κ1) is 21.1. The van der Waals surface area contributed by atoms with Crippen molar-refractivity contribution in [2.24, 2.45) is 0 Å². The minimum Gasteiger partial charge on any atom is -0.377 e. The van der Waals surface area contributed by atoms with Gasteiger partial charge in [0.05, 0.1) is 39.5 Å². The molecule has 0 aliphatic carbocycles. The predicted molar refractivity (Wildman–Crippen MR) is 92.5 cm³/mol. The van der Waals surface area contributed by atoms with Gasteiger partial charge in [0.15, 0.2) is 0 Å². The smallest absolute Gasteiger partial charge is 0.274 e. The molecule has 0 fully saturated rings. The molecule has 0 aromatic carbocycles. The number of ether oxygens (including phenoxy) is 2. The van der Waals surface area contributed by atoms with Crippen molar-refractivity contribution >= 4 is 70.0 Å². The Kier molecular flexibility index (Phi) is 7.45. The van der Waals surface area contributed by atoms with Crippen LogP contribution in [0.2, 0.25) is 0 Å². The van der Waals surface area contributed by atoms with E-state index in [0.29, 0.717) is 0 Å². The molecule has 26 heavy (non-hydrogen) atoms. The Labute approximate surface area is 168 Å². The minimum atomic E-state index is -0.660. The molecule has 0 aromatic heterocycles. The van der Waals surface area contributed by atoms with Crippen LogP contribution in [-0.2, 0) is 28.7 Å². The summed E-state index contributed by atoms with van der Waals surface area (Å²) < 4.78 is 10.5. The van der Waals surface area contributed by atoms with Gasteiger partial charge in [0.1, 0.15) is 20.1 Å². The summed E-state index contributed by atoms with van der Waals surface area (Å²) in [6.07, 6.45) is 0. The normalized spacial score (nSPS) is 18.3. The second-order valence-corrected chi connectivity index (χ2v) is 6.52. The molecule has 142 valence electrons. The summed E-state index contributed by atoms with van der Waals surface area (Å²) in [6, 6.07) is 0. The molecule has 0 aromatic rings. The maximum atomic E-state index is 11.6. The molecule has 2 aliphatic rings. The van der Waals surface area contributed by atoms with Crippen molar-refractivity contribution in [3.63, 3.8) is 0 Å². The van der Waals surface area contributed by atoms with Crippen molar-refractivity contribution in [2.75, 3.05) is 39.5 Å². The highest BCUT2D eigenvalue weighted by Gasteiger charge is 2.37. The van der Waals surface area contributed by atoms with Crippen molar-refractivity contribution in [3.05, 3.63) is 20.1 Å². The lowest BCUT2D eigenvalue weighted by molar-refractivity contribution is -0.140. The molecule has 0 saturated carbocycles. The Bertz CT molecular complexity index is 612. The van der Waals surface area contributed by atoms with Crippen LogP contribution >= 0.6 is 46.4 Å². The second kappa shape index (κ2) is 9.16. The molecular weight excluding hydrogens is 434 g/mol. The maximum absolute atomic E-state index is 11.6. The van der Waals surface area contributed by atoms with Crippen molar-refractivity contribution in [1.29, 1.82) is 0 Å². The molecule has 0 saturated heterocycles. The van der Waals surface area contributed by atoms with Gasteiger partial charge in [-0.05, 0) is 0 Å². The largest absolute Gasteiger partial charge is 0.377 e. The first-order valence-electron chi connectivity index (χ1n) is 7.25. The zero-order valence-electron chi connectivity index (χ0n) is 13.1. The highest BCUT2D eigenvalue weighted by molar-refractivity contribution is 6.58. The molecule has 4 amide bonds. The third kappa shape index (κ3) is 4.39. The lowest BCUT2D eigenvalue weighted by Crippen LogP contribution is -2.35. The van der Waals surface area contributed by atoms with E-state index < -0.39 is 23.6 Å². The average molecular weight is 446 g/mol. The van der Waals surface area contributed by atoms with E-state index in [1.165, 1.54) is 0 Å². The summed E-state index contributed by atoms with van der Waals surface area (Å²) in [5.41, 5.74) is 0. The van der Waals surface area contributed by atoms with Crippen LogP contribution in [-0.4, -0.2) is 72.9 Å². The molecule has 2 aliphatic heterocycles. The highest BCUT2D eigenvalue weighted by atomic mass is 35.5. The van der Waals surface area contributed by atoms with Gasteiger partial charge < -0.3 is 9.47 Å². The van der Waals surface area contributed by atoms with Crippen molar-refractivity contribution in [3.8, 4) is 0 Å². The van der Waals surface area contributed by atoms with Gasteiger partial charge in [-0.1, -0.05) is 46.4 Å². The summed E-state index contributed by atoms with van der Waals surface area (Å²) in [4.78, 5) is 48.3. The number of amides is 4. The Balaban J connectivity index is 1.56. The van der Waals surface area contributed by atoms with Gasteiger partial charge in [0.25, 0.3) is 23.6 Å². The number of carbonyl (C=O) groups excluding carboxylic acids is 4. The maximum Gasteiger partial charge on any atom is 0.274 e. The number of hydrogen-bond donors (Lipinski definition) is 0. The Morgan fingerprint density at radius 1 is 0.538 bits per heavy atom. The second-order valence-electron chi connectivity index (χ2n) is 5.00. The molecule has 0 bridgehead atoms. The first-order valence-corrected chi connectivity index (χ1v) is 8.77. The lowest BCUT2D eigenvalue weighted by atomic mass is 10.5. The summed E-state index contributed by atoms with van der Waals surface area (Å²) in [7, 11) is 0. The molecule has 8 nitrogen and oxygen atoms in total. The SMILES string of the molecule is O=C1C(Cl)=C(Cl)C(=O)N1CCOCCOCCN1C(=O)C(Cl)=C(Cl)C1=O. The minimum absolute atomic E-state index is 0.00353. The topological polar surface area (TPSA) is 93.2 Å². The number of imide groups is 2. The molecule has 2 rings (SSSR count). The zero-order valence-corrected chi connectivity index (χ0v) is 16.1. The van der Waals surface area contributed by atoms with Crippen LogP contribution in [0, 0.1) is 0 Å². The fraction of sp³-hybridized carbons (Fsp3) is 0.429.